The number of rotatable bonds is 0. The molecule has 0 saturated heterocycles. The molecule has 0 aliphatic rings. The van der Waals surface area contributed by atoms with Crippen molar-refractivity contribution in [3.8, 4) is 23.7 Å². The van der Waals surface area contributed by atoms with Crippen LogP contribution in [0.3, 0.4) is 0 Å². The smallest absolute Gasteiger partial charge is 0.178 e. The fourth-order valence-electron chi connectivity index (χ4n) is 3.55. The molecule has 0 atom stereocenters. The molecule has 0 fully saturated rings. The monoisotopic (exact) mass is 492 g/mol. The second-order valence-corrected chi connectivity index (χ2v) is 8.40. The maximum absolute atomic E-state index is 15.2. The van der Waals surface area contributed by atoms with E-state index in [9.17, 15) is 17.6 Å². The van der Waals surface area contributed by atoms with Crippen molar-refractivity contribution in [3.63, 3.8) is 0 Å². The van der Waals surface area contributed by atoms with Crippen LogP contribution in [0.1, 0.15) is 22.3 Å². The first-order chi connectivity index (χ1) is 16.9. The van der Waals surface area contributed by atoms with E-state index in [4.69, 9.17) is 0 Å². The van der Waals surface area contributed by atoms with Gasteiger partial charge in [0.15, 0.2) is 34.9 Å². The summed E-state index contributed by atoms with van der Waals surface area (Å²) >= 11 is 0.333. The minimum Gasteiger partial charge on any atom is -0.204 e. The van der Waals surface area contributed by atoms with E-state index < -0.39 is 66.2 Å². The Morgan fingerprint density at radius 2 is 0.800 bits per heavy atom. The van der Waals surface area contributed by atoms with E-state index in [2.05, 4.69) is 23.7 Å². The van der Waals surface area contributed by atoms with Gasteiger partial charge in [-0.05, 0) is 24.3 Å². The van der Waals surface area contributed by atoms with Gasteiger partial charge in [-0.3, -0.25) is 0 Å². The van der Waals surface area contributed by atoms with E-state index >= 15 is 8.78 Å². The molecule has 0 amide bonds. The van der Waals surface area contributed by atoms with Crippen molar-refractivity contribution >= 4 is 31.5 Å². The Morgan fingerprint density at radius 3 is 1.17 bits per heavy atom. The minimum atomic E-state index is -1.67. The number of hydrogen-bond donors (Lipinski definition) is 0. The lowest BCUT2D eigenvalue weighted by atomic mass is 10.0. The van der Waals surface area contributed by atoms with E-state index in [1.165, 1.54) is 0 Å². The third kappa shape index (κ3) is 3.80. The van der Waals surface area contributed by atoms with E-state index in [-0.39, 0.29) is 0 Å². The first-order valence-corrected chi connectivity index (χ1v) is 10.9. The van der Waals surface area contributed by atoms with Crippen LogP contribution in [-0.2, 0) is 0 Å². The fraction of sp³-hybridized carbons (Fsp3) is 0. The van der Waals surface area contributed by atoms with Crippen LogP contribution in [0.2, 0.25) is 0 Å². The zero-order valence-corrected chi connectivity index (χ0v) is 18.3. The summed E-state index contributed by atoms with van der Waals surface area (Å²) in [7, 11) is 0. The van der Waals surface area contributed by atoms with Crippen LogP contribution in [0.5, 0.6) is 0 Å². The lowest BCUT2D eigenvalue weighted by Crippen LogP contribution is -1.99. The number of halogens is 6. The average Bonchev–Trinajstić information content (AvgIpc) is 3.29. The highest BCUT2D eigenvalue weighted by Crippen LogP contribution is 2.43. The predicted molar refractivity (Wildman–Crippen MR) is 124 cm³/mol. The molecule has 170 valence electrons. The zero-order valence-electron chi connectivity index (χ0n) is 17.4. The molecular weight excluding hydrogens is 482 g/mol. The van der Waals surface area contributed by atoms with Crippen molar-refractivity contribution in [2.24, 2.45) is 0 Å². The third-order valence-corrected chi connectivity index (χ3v) is 6.40. The minimum absolute atomic E-state index is 0.333. The summed E-state index contributed by atoms with van der Waals surface area (Å²) in [6.07, 6.45) is 0. The summed E-state index contributed by atoms with van der Waals surface area (Å²) < 4.78 is 88.8. The molecule has 0 N–H and O–H groups in total. The molecule has 1 heterocycles. The van der Waals surface area contributed by atoms with Crippen molar-refractivity contribution in [3.05, 3.63) is 118 Å². The Labute approximate surface area is 199 Å². The molecule has 4 aromatic carbocycles. The van der Waals surface area contributed by atoms with Gasteiger partial charge in [-0.15, -0.1) is 11.3 Å². The fourth-order valence-corrected chi connectivity index (χ4v) is 4.72. The van der Waals surface area contributed by atoms with Gasteiger partial charge in [0.25, 0.3) is 0 Å². The van der Waals surface area contributed by atoms with E-state index in [1.54, 1.807) is 60.7 Å². The summed E-state index contributed by atoms with van der Waals surface area (Å²) in [5, 5.41) is -1.77. The predicted octanol–water partition coefficient (Wildman–Crippen LogP) is 7.69. The van der Waals surface area contributed by atoms with E-state index in [0.717, 1.165) is 0 Å². The summed E-state index contributed by atoms with van der Waals surface area (Å²) in [6, 6.07) is 16.4. The SMILES string of the molecule is Fc1c(C#Cc2ccccc2)c(F)c2sc3c(F)c(C#Cc4ccccc4)c(F)c(F)c3c2c1F. The standard InChI is InChI=1S/C28H10F6S/c29-21-17(13-11-15-7-3-1-4-8-15)23(31)27-19(25(21)33)20-26(34)22(30)18(24(32)28(20)35-27)14-12-16-9-5-2-6-10-16/h1-10H. The highest BCUT2D eigenvalue weighted by atomic mass is 32.1. The Morgan fingerprint density at radius 1 is 0.429 bits per heavy atom. The first-order valence-electron chi connectivity index (χ1n) is 10.1. The number of fused-ring (bicyclic) bond motifs is 3. The molecule has 0 saturated carbocycles. The summed E-state index contributed by atoms with van der Waals surface area (Å²) in [6.45, 7) is 0. The van der Waals surface area contributed by atoms with Crippen LogP contribution < -0.4 is 0 Å². The van der Waals surface area contributed by atoms with Crippen LogP contribution in [0.4, 0.5) is 26.3 Å². The van der Waals surface area contributed by atoms with Gasteiger partial charge in [0.05, 0.1) is 9.40 Å². The average molecular weight is 492 g/mol. The van der Waals surface area contributed by atoms with Gasteiger partial charge in [0.1, 0.15) is 11.1 Å². The second-order valence-electron chi connectivity index (χ2n) is 7.38. The quantitative estimate of drug-likeness (QED) is 0.118. The highest BCUT2D eigenvalue weighted by molar-refractivity contribution is 7.25. The lowest BCUT2D eigenvalue weighted by Gasteiger charge is -2.04. The van der Waals surface area contributed by atoms with Gasteiger partial charge in [-0.1, -0.05) is 60.1 Å². The molecule has 0 aliphatic heterocycles. The van der Waals surface area contributed by atoms with Crippen LogP contribution in [0.25, 0.3) is 20.2 Å². The van der Waals surface area contributed by atoms with Crippen LogP contribution in [0, 0.1) is 58.6 Å². The van der Waals surface area contributed by atoms with E-state index in [0.29, 0.717) is 22.5 Å². The Balaban J connectivity index is 1.77. The molecule has 0 aliphatic carbocycles. The lowest BCUT2D eigenvalue weighted by molar-refractivity contribution is 0.498. The Hall–Kier alpha value is -4.20. The second kappa shape index (κ2) is 8.87. The summed E-state index contributed by atoms with van der Waals surface area (Å²) in [5.74, 6) is 0.314. The number of hydrogen-bond acceptors (Lipinski definition) is 1. The van der Waals surface area contributed by atoms with Gasteiger partial charge in [0.2, 0.25) is 0 Å². The maximum atomic E-state index is 15.2. The summed E-state index contributed by atoms with van der Waals surface area (Å²) in [5.41, 5.74) is -0.945. The van der Waals surface area contributed by atoms with Crippen LogP contribution in [-0.4, -0.2) is 0 Å². The van der Waals surface area contributed by atoms with Crippen LogP contribution in [0.15, 0.2) is 60.7 Å². The van der Waals surface area contributed by atoms with Gasteiger partial charge in [0, 0.05) is 21.9 Å². The van der Waals surface area contributed by atoms with Crippen molar-refractivity contribution in [1.82, 2.24) is 0 Å². The zero-order chi connectivity index (χ0) is 24.7. The largest absolute Gasteiger partial charge is 0.204 e. The topological polar surface area (TPSA) is 0 Å². The van der Waals surface area contributed by atoms with Gasteiger partial charge >= 0.3 is 0 Å². The van der Waals surface area contributed by atoms with Gasteiger partial charge in [-0.2, -0.15) is 0 Å². The molecular formula is C28H10F6S. The van der Waals surface area contributed by atoms with Crippen molar-refractivity contribution in [1.29, 1.82) is 0 Å². The molecule has 5 aromatic rings. The normalized spacial score (nSPS) is 10.7. The van der Waals surface area contributed by atoms with Crippen LogP contribution >= 0.6 is 11.3 Å². The molecule has 0 radical (unpaired) electrons. The van der Waals surface area contributed by atoms with Crippen molar-refractivity contribution in [2.75, 3.05) is 0 Å². The molecule has 0 spiro atoms. The molecule has 7 heteroatoms. The molecule has 0 bridgehead atoms. The van der Waals surface area contributed by atoms with Crippen molar-refractivity contribution in [2.45, 2.75) is 0 Å². The van der Waals surface area contributed by atoms with Crippen molar-refractivity contribution < 1.29 is 26.3 Å². The Bertz CT molecular complexity index is 1620. The third-order valence-electron chi connectivity index (χ3n) is 5.22. The molecule has 0 unspecified atom stereocenters. The molecule has 35 heavy (non-hydrogen) atoms. The summed E-state index contributed by atoms with van der Waals surface area (Å²) in [4.78, 5) is 0. The number of benzene rings is 4. The Kier molecular flexibility index (Phi) is 5.72. The van der Waals surface area contributed by atoms with Gasteiger partial charge in [-0.25, -0.2) is 26.3 Å². The number of thiophene rings is 1. The molecule has 5 rings (SSSR count). The van der Waals surface area contributed by atoms with E-state index in [1.807, 2.05) is 0 Å². The van der Waals surface area contributed by atoms with Gasteiger partial charge < -0.3 is 0 Å². The molecule has 1 aromatic heterocycles. The maximum Gasteiger partial charge on any atom is 0.178 e. The highest BCUT2D eigenvalue weighted by Gasteiger charge is 2.29. The first kappa shape index (κ1) is 22.6. The molecule has 0 nitrogen and oxygen atoms in total.